The van der Waals surface area contributed by atoms with E-state index in [-0.39, 0.29) is 17.7 Å². The summed E-state index contributed by atoms with van der Waals surface area (Å²) >= 11 is 5.74. The number of rotatable bonds is 5. The van der Waals surface area contributed by atoms with E-state index in [0.29, 0.717) is 29.4 Å². The van der Waals surface area contributed by atoms with Crippen LogP contribution in [0.2, 0.25) is 5.02 Å². The lowest BCUT2D eigenvalue weighted by Gasteiger charge is -2.09. The van der Waals surface area contributed by atoms with Gasteiger partial charge in [0.15, 0.2) is 11.5 Å². The predicted octanol–water partition coefficient (Wildman–Crippen LogP) is 4.47. The highest BCUT2D eigenvalue weighted by Crippen LogP contribution is 2.32. The van der Waals surface area contributed by atoms with Crippen LogP contribution in [0.3, 0.4) is 0 Å². The van der Waals surface area contributed by atoms with E-state index in [1.54, 1.807) is 12.1 Å². The van der Waals surface area contributed by atoms with E-state index in [0.717, 1.165) is 11.3 Å². The third-order valence-electron chi connectivity index (χ3n) is 4.11. The first kappa shape index (κ1) is 18.1. The third-order valence-corrected chi connectivity index (χ3v) is 4.40. The number of halogens is 2. The number of amides is 1. The van der Waals surface area contributed by atoms with Crippen molar-refractivity contribution in [2.75, 3.05) is 17.4 Å². The van der Waals surface area contributed by atoms with Crippen molar-refractivity contribution in [1.82, 2.24) is 4.98 Å². The van der Waals surface area contributed by atoms with Gasteiger partial charge in [0.2, 0.25) is 6.79 Å². The van der Waals surface area contributed by atoms with Gasteiger partial charge in [0, 0.05) is 24.0 Å². The Morgan fingerprint density at radius 3 is 2.82 bits per heavy atom. The number of nitrogens with one attached hydrogen (secondary N) is 2. The van der Waals surface area contributed by atoms with Gasteiger partial charge in [0.05, 0.1) is 5.02 Å². The van der Waals surface area contributed by atoms with Crippen LogP contribution in [0.25, 0.3) is 0 Å². The summed E-state index contributed by atoms with van der Waals surface area (Å²) in [4.78, 5) is 16.7. The van der Waals surface area contributed by atoms with Crippen LogP contribution in [0, 0.1) is 5.82 Å². The van der Waals surface area contributed by atoms with Crippen molar-refractivity contribution in [3.8, 4) is 11.5 Å². The molecule has 2 N–H and O–H groups in total. The summed E-state index contributed by atoms with van der Waals surface area (Å²) in [6.07, 6.45) is 1.54. The summed E-state index contributed by atoms with van der Waals surface area (Å²) in [5, 5.41) is 5.79. The van der Waals surface area contributed by atoms with Crippen LogP contribution in [-0.2, 0) is 6.54 Å². The summed E-state index contributed by atoms with van der Waals surface area (Å²) in [5.41, 5.74) is 1.80. The standard InChI is InChI=1S/C20H15ClFN3O3/c21-15-9-14(2-3-16(15)22)25-20(26)13-5-6-23-19(8-13)24-10-12-1-4-17-18(7-12)28-11-27-17/h1-9H,10-11H2,(H,23,24)(H,25,26). The summed E-state index contributed by atoms with van der Waals surface area (Å²) in [6, 6.07) is 12.9. The molecule has 3 aromatic rings. The predicted molar refractivity (Wildman–Crippen MR) is 103 cm³/mol. The Morgan fingerprint density at radius 1 is 1.11 bits per heavy atom. The molecule has 28 heavy (non-hydrogen) atoms. The van der Waals surface area contributed by atoms with Gasteiger partial charge in [0.1, 0.15) is 11.6 Å². The molecule has 142 valence electrons. The van der Waals surface area contributed by atoms with Crippen LogP contribution in [-0.4, -0.2) is 17.7 Å². The lowest BCUT2D eigenvalue weighted by atomic mass is 10.2. The number of pyridine rings is 1. The molecule has 1 aliphatic rings. The maximum Gasteiger partial charge on any atom is 0.255 e. The van der Waals surface area contributed by atoms with Crippen molar-refractivity contribution in [3.63, 3.8) is 0 Å². The molecule has 2 heterocycles. The Morgan fingerprint density at radius 2 is 1.96 bits per heavy atom. The molecule has 0 unspecified atom stereocenters. The van der Waals surface area contributed by atoms with Crippen molar-refractivity contribution in [1.29, 1.82) is 0 Å². The Kier molecular flexibility index (Phi) is 4.99. The third kappa shape index (κ3) is 3.99. The first-order valence-electron chi connectivity index (χ1n) is 8.43. The molecule has 1 aliphatic heterocycles. The Labute approximate surface area is 165 Å². The highest BCUT2D eigenvalue weighted by molar-refractivity contribution is 6.31. The minimum atomic E-state index is -0.543. The molecule has 0 fully saturated rings. The normalized spacial score (nSPS) is 11.9. The molecule has 4 rings (SSSR count). The van der Waals surface area contributed by atoms with E-state index in [1.165, 1.54) is 24.4 Å². The first-order chi connectivity index (χ1) is 13.6. The number of aromatic nitrogens is 1. The zero-order valence-electron chi connectivity index (χ0n) is 14.5. The first-order valence-corrected chi connectivity index (χ1v) is 8.81. The number of benzene rings is 2. The van der Waals surface area contributed by atoms with Gasteiger partial charge in [-0.05, 0) is 48.0 Å². The average Bonchev–Trinajstić information content (AvgIpc) is 3.17. The number of nitrogens with zero attached hydrogens (tertiary/aromatic N) is 1. The molecular formula is C20H15ClFN3O3. The van der Waals surface area contributed by atoms with E-state index in [9.17, 15) is 9.18 Å². The maximum absolute atomic E-state index is 13.2. The number of carbonyl (C=O) groups excluding carboxylic acids is 1. The highest BCUT2D eigenvalue weighted by atomic mass is 35.5. The monoisotopic (exact) mass is 399 g/mol. The van der Waals surface area contributed by atoms with Gasteiger partial charge < -0.3 is 20.1 Å². The molecule has 0 bridgehead atoms. The molecule has 0 saturated carbocycles. The number of anilines is 2. The molecule has 0 atom stereocenters. The molecule has 0 saturated heterocycles. The smallest absolute Gasteiger partial charge is 0.255 e. The molecule has 0 aliphatic carbocycles. The zero-order valence-corrected chi connectivity index (χ0v) is 15.3. The van der Waals surface area contributed by atoms with Crippen LogP contribution in [0.1, 0.15) is 15.9 Å². The topological polar surface area (TPSA) is 72.5 Å². The number of carbonyl (C=O) groups is 1. The lowest BCUT2D eigenvalue weighted by molar-refractivity contribution is 0.102. The van der Waals surface area contributed by atoms with Gasteiger partial charge in [-0.25, -0.2) is 9.37 Å². The Balaban J connectivity index is 1.42. The average molecular weight is 400 g/mol. The van der Waals surface area contributed by atoms with E-state index >= 15 is 0 Å². The van der Waals surface area contributed by atoms with Gasteiger partial charge in [-0.1, -0.05) is 17.7 Å². The van der Waals surface area contributed by atoms with E-state index < -0.39 is 5.82 Å². The lowest BCUT2D eigenvalue weighted by Crippen LogP contribution is -2.13. The Hall–Kier alpha value is -3.32. The Bertz CT molecular complexity index is 1040. The molecular weight excluding hydrogens is 385 g/mol. The van der Waals surface area contributed by atoms with Gasteiger partial charge in [-0.2, -0.15) is 0 Å². The molecule has 1 aromatic heterocycles. The highest BCUT2D eigenvalue weighted by Gasteiger charge is 2.13. The fourth-order valence-corrected chi connectivity index (χ4v) is 2.87. The van der Waals surface area contributed by atoms with Crippen molar-refractivity contribution in [2.45, 2.75) is 6.54 Å². The van der Waals surface area contributed by atoms with E-state index in [1.807, 2.05) is 18.2 Å². The van der Waals surface area contributed by atoms with Crippen LogP contribution in [0.5, 0.6) is 11.5 Å². The van der Waals surface area contributed by atoms with Crippen molar-refractivity contribution in [3.05, 3.63) is 76.7 Å². The molecule has 6 nitrogen and oxygen atoms in total. The summed E-state index contributed by atoms with van der Waals surface area (Å²) < 4.78 is 23.9. The summed E-state index contributed by atoms with van der Waals surface area (Å²) in [5.74, 6) is 1.08. The number of hydrogen-bond donors (Lipinski definition) is 2. The van der Waals surface area contributed by atoms with E-state index in [4.69, 9.17) is 21.1 Å². The van der Waals surface area contributed by atoms with Gasteiger partial charge in [-0.3, -0.25) is 4.79 Å². The zero-order chi connectivity index (χ0) is 19.5. The van der Waals surface area contributed by atoms with Crippen LogP contribution in [0.15, 0.2) is 54.7 Å². The van der Waals surface area contributed by atoms with Gasteiger partial charge in [-0.15, -0.1) is 0 Å². The molecule has 0 radical (unpaired) electrons. The molecule has 8 heteroatoms. The fraction of sp³-hybridized carbons (Fsp3) is 0.100. The largest absolute Gasteiger partial charge is 0.454 e. The number of hydrogen-bond acceptors (Lipinski definition) is 5. The SMILES string of the molecule is O=C(Nc1ccc(F)c(Cl)c1)c1ccnc(NCc2ccc3c(c2)OCO3)c1. The van der Waals surface area contributed by atoms with Crippen LogP contribution >= 0.6 is 11.6 Å². The van der Waals surface area contributed by atoms with E-state index in [2.05, 4.69) is 15.6 Å². The second-order valence-corrected chi connectivity index (χ2v) is 6.46. The molecule has 1 amide bonds. The van der Waals surface area contributed by atoms with Crippen molar-refractivity contribution in [2.24, 2.45) is 0 Å². The minimum absolute atomic E-state index is 0.0568. The van der Waals surface area contributed by atoms with Crippen molar-refractivity contribution < 1.29 is 18.7 Å². The summed E-state index contributed by atoms with van der Waals surface area (Å²) in [7, 11) is 0. The molecule has 0 spiro atoms. The number of ether oxygens (including phenoxy) is 2. The van der Waals surface area contributed by atoms with Crippen LogP contribution in [0.4, 0.5) is 15.9 Å². The minimum Gasteiger partial charge on any atom is -0.454 e. The second-order valence-electron chi connectivity index (χ2n) is 6.05. The fourth-order valence-electron chi connectivity index (χ4n) is 2.69. The van der Waals surface area contributed by atoms with Gasteiger partial charge in [0.25, 0.3) is 5.91 Å². The number of fused-ring (bicyclic) bond motifs is 1. The molecule has 2 aromatic carbocycles. The van der Waals surface area contributed by atoms with Crippen molar-refractivity contribution >= 4 is 29.0 Å². The maximum atomic E-state index is 13.2. The van der Waals surface area contributed by atoms with Crippen LogP contribution < -0.4 is 20.1 Å². The van der Waals surface area contributed by atoms with Gasteiger partial charge >= 0.3 is 0 Å². The summed E-state index contributed by atoms with van der Waals surface area (Å²) in [6.45, 7) is 0.729. The second kappa shape index (κ2) is 7.74. The quantitative estimate of drug-likeness (QED) is 0.662.